The molecule has 1 aliphatic heterocycles. The number of aromatic carboxylic acids is 1. The third kappa shape index (κ3) is 2.69. The van der Waals surface area contributed by atoms with Crippen LogP contribution in [0.2, 0.25) is 0 Å². The standard InChI is InChI=1S/C10H10F3N3O3/c11-10(12,13)9(19)14-5-2-1-3-16-7(5)4-6(15-16)8(17)18/h4-5H,1-3H2,(H,14,19)(H,17,18). The number of fused-ring (bicyclic) bond motifs is 1. The molecule has 0 spiro atoms. The van der Waals surface area contributed by atoms with Gasteiger partial charge in [0.05, 0.1) is 11.7 Å². The fourth-order valence-corrected chi connectivity index (χ4v) is 1.97. The molecule has 19 heavy (non-hydrogen) atoms. The molecule has 9 heteroatoms. The number of carboxylic acid groups (broad SMARTS) is 1. The summed E-state index contributed by atoms with van der Waals surface area (Å²) in [5.41, 5.74) is 0.0319. The van der Waals surface area contributed by atoms with Gasteiger partial charge in [-0.2, -0.15) is 18.3 Å². The van der Waals surface area contributed by atoms with Crippen molar-refractivity contribution in [1.29, 1.82) is 0 Å². The average Bonchev–Trinajstić information content (AvgIpc) is 2.72. The van der Waals surface area contributed by atoms with Gasteiger partial charge >= 0.3 is 18.1 Å². The van der Waals surface area contributed by atoms with E-state index in [2.05, 4.69) is 5.10 Å². The molecule has 0 radical (unpaired) electrons. The van der Waals surface area contributed by atoms with Gasteiger partial charge in [0.25, 0.3) is 0 Å². The summed E-state index contributed by atoms with van der Waals surface area (Å²) in [6.07, 6.45) is -4.14. The molecule has 0 aromatic carbocycles. The van der Waals surface area contributed by atoms with Crippen molar-refractivity contribution in [1.82, 2.24) is 15.1 Å². The van der Waals surface area contributed by atoms with E-state index < -0.39 is 24.1 Å². The largest absolute Gasteiger partial charge is 0.476 e. The van der Waals surface area contributed by atoms with E-state index in [4.69, 9.17) is 5.11 Å². The predicted molar refractivity (Wildman–Crippen MR) is 55.4 cm³/mol. The van der Waals surface area contributed by atoms with E-state index in [9.17, 15) is 22.8 Å². The molecule has 1 unspecified atom stereocenters. The van der Waals surface area contributed by atoms with Crippen molar-refractivity contribution >= 4 is 11.9 Å². The predicted octanol–water partition coefficient (Wildman–Crippen LogP) is 1.09. The Labute approximate surface area is 105 Å². The number of carboxylic acids is 1. The van der Waals surface area contributed by atoms with Gasteiger partial charge in [0.1, 0.15) is 0 Å². The normalized spacial score (nSPS) is 18.8. The Balaban J connectivity index is 2.22. The van der Waals surface area contributed by atoms with Crippen LogP contribution in [0.5, 0.6) is 0 Å². The number of alkyl halides is 3. The van der Waals surface area contributed by atoms with E-state index in [0.29, 0.717) is 19.4 Å². The van der Waals surface area contributed by atoms with E-state index in [1.807, 2.05) is 5.32 Å². The highest BCUT2D eigenvalue weighted by Gasteiger charge is 2.40. The van der Waals surface area contributed by atoms with Crippen LogP contribution >= 0.6 is 0 Å². The molecule has 1 amide bonds. The second-order valence-electron chi connectivity index (χ2n) is 4.15. The molecule has 2 N–H and O–H groups in total. The van der Waals surface area contributed by atoms with Crippen molar-refractivity contribution < 1.29 is 27.9 Å². The second-order valence-corrected chi connectivity index (χ2v) is 4.15. The van der Waals surface area contributed by atoms with E-state index in [1.165, 1.54) is 10.7 Å². The van der Waals surface area contributed by atoms with Crippen LogP contribution in [0.25, 0.3) is 0 Å². The molecule has 2 heterocycles. The van der Waals surface area contributed by atoms with E-state index in [1.54, 1.807) is 0 Å². The molecular weight excluding hydrogens is 267 g/mol. The van der Waals surface area contributed by atoms with E-state index in [-0.39, 0.29) is 11.4 Å². The maximum Gasteiger partial charge on any atom is 0.471 e. The molecule has 0 bridgehead atoms. The van der Waals surface area contributed by atoms with Crippen molar-refractivity contribution in [3.8, 4) is 0 Å². The quantitative estimate of drug-likeness (QED) is 0.847. The number of carbonyl (C=O) groups excluding carboxylic acids is 1. The summed E-state index contributed by atoms with van der Waals surface area (Å²) in [6.45, 7) is 0.418. The molecule has 1 aromatic heterocycles. The fourth-order valence-electron chi connectivity index (χ4n) is 1.97. The summed E-state index contributed by atoms with van der Waals surface area (Å²) in [7, 11) is 0. The monoisotopic (exact) mass is 277 g/mol. The van der Waals surface area contributed by atoms with Gasteiger partial charge in [-0.15, -0.1) is 0 Å². The molecule has 0 aliphatic carbocycles. The Kier molecular flexibility index (Phi) is 3.21. The minimum Gasteiger partial charge on any atom is -0.476 e. The molecule has 0 saturated heterocycles. The van der Waals surface area contributed by atoms with Gasteiger partial charge in [0.15, 0.2) is 5.69 Å². The molecule has 0 fully saturated rings. The lowest BCUT2D eigenvalue weighted by Crippen LogP contribution is -2.40. The molecule has 1 aromatic rings. The zero-order valence-electron chi connectivity index (χ0n) is 9.57. The summed E-state index contributed by atoms with van der Waals surface area (Å²) in [4.78, 5) is 21.7. The lowest BCUT2D eigenvalue weighted by molar-refractivity contribution is -0.174. The van der Waals surface area contributed by atoms with E-state index in [0.717, 1.165) is 0 Å². The highest BCUT2D eigenvalue weighted by Crippen LogP contribution is 2.27. The van der Waals surface area contributed by atoms with E-state index >= 15 is 0 Å². The molecule has 1 aliphatic rings. The van der Waals surface area contributed by atoms with Crippen LogP contribution in [0.15, 0.2) is 6.07 Å². The molecular formula is C10H10F3N3O3. The summed E-state index contributed by atoms with van der Waals surface area (Å²) < 4.78 is 37.9. The van der Waals surface area contributed by atoms with Crippen molar-refractivity contribution in [3.63, 3.8) is 0 Å². The van der Waals surface area contributed by atoms with Crippen LogP contribution in [-0.2, 0) is 11.3 Å². The Morgan fingerprint density at radius 3 is 2.74 bits per heavy atom. The van der Waals surface area contributed by atoms with Gasteiger partial charge in [-0.3, -0.25) is 9.48 Å². The smallest absolute Gasteiger partial charge is 0.471 e. The Morgan fingerprint density at radius 1 is 1.47 bits per heavy atom. The maximum absolute atomic E-state index is 12.2. The van der Waals surface area contributed by atoms with Crippen LogP contribution in [0.3, 0.4) is 0 Å². The van der Waals surface area contributed by atoms with Crippen LogP contribution in [0.4, 0.5) is 13.2 Å². The average molecular weight is 277 g/mol. The minimum absolute atomic E-state index is 0.247. The molecule has 1 atom stereocenters. The SMILES string of the molecule is O=C(O)c1cc2n(n1)CCCC2NC(=O)C(F)(F)F. The third-order valence-electron chi connectivity index (χ3n) is 2.81. The number of aromatic nitrogens is 2. The number of carbonyl (C=O) groups is 2. The molecule has 104 valence electrons. The van der Waals surface area contributed by atoms with Gasteiger partial charge in [-0.25, -0.2) is 4.79 Å². The molecule has 2 rings (SSSR count). The number of rotatable bonds is 2. The molecule has 6 nitrogen and oxygen atoms in total. The number of amides is 1. The highest BCUT2D eigenvalue weighted by molar-refractivity contribution is 5.85. The van der Waals surface area contributed by atoms with Crippen molar-refractivity contribution in [3.05, 3.63) is 17.5 Å². The highest BCUT2D eigenvalue weighted by atomic mass is 19.4. The first kappa shape index (κ1) is 13.4. The van der Waals surface area contributed by atoms with Crippen LogP contribution in [0.1, 0.15) is 35.1 Å². The van der Waals surface area contributed by atoms with Gasteiger partial charge in [-0.05, 0) is 18.9 Å². The number of nitrogens with one attached hydrogen (secondary N) is 1. The molecule has 0 saturated carbocycles. The first-order valence-corrected chi connectivity index (χ1v) is 5.48. The first-order chi connectivity index (χ1) is 8.79. The minimum atomic E-state index is -4.96. The summed E-state index contributed by atoms with van der Waals surface area (Å²) in [5, 5.41) is 14.4. The third-order valence-corrected chi connectivity index (χ3v) is 2.81. The van der Waals surface area contributed by atoms with Crippen LogP contribution < -0.4 is 5.32 Å². The van der Waals surface area contributed by atoms with Crippen LogP contribution in [0, 0.1) is 0 Å². The maximum atomic E-state index is 12.2. The second kappa shape index (κ2) is 4.56. The zero-order chi connectivity index (χ0) is 14.2. The lowest BCUT2D eigenvalue weighted by atomic mass is 10.0. The lowest BCUT2D eigenvalue weighted by Gasteiger charge is -2.24. The van der Waals surface area contributed by atoms with Gasteiger partial charge < -0.3 is 10.4 Å². The Hall–Kier alpha value is -2.06. The van der Waals surface area contributed by atoms with Gasteiger partial charge in [0.2, 0.25) is 0 Å². The van der Waals surface area contributed by atoms with Crippen LogP contribution in [-0.4, -0.2) is 32.9 Å². The number of hydrogen-bond donors (Lipinski definition) is 2. The topological polar surface area (TPSA) is 84.2 Å². The first-order valence-electron chi connectivity index (χ1n) is 5.48. The Morgan fingerprint density at radius 2 is 2.16 bits per heavy atom. The van der Waals surface area contributed by atoms with Crippen molar-refractivity contribution in [2.24, 2.45) is 0 Å². The van der Waals surface area contributed by atoms with Crippen molar-refractivity contribution in [2.75, 3.05) is 0 Å². The number of aryl methyl sites for hydroxylation is 1. The summed E-state index contributed by atoms with van der Waals surface area (Å²) in [6, 6.07) is 0.312. The van der Waals surface area contributed by atoms with Gasteiger partial charge in [0, 0.05) is 6.54 Å². The number of hydrogen-bond acceptors (Lipinski definition) is 3. The number of nitrogens with zero attached hydrogens (tertiary/aromatic N) is 2. The zero-order valence-corrected chi connectivity index (χ0v) is 9.57. The summed E-state index contributed by atoms with van der Waals surface area (Å²) >= 11 is 0. The number of halogens is 3. The Bertz CT molecular complexity index is 524. The fraction of sp³-hybridized carbons (Fsp3) is 0.500. The van der Waals surface area contributed by atoms with Gasteiger partial charge in [-0.1, -0.05) is 0 Å². The summed E-state index contributed by atoms with van der Waals surface area (Å²) in [5.74, 6) is -3.30. The van der Waals surface area contributed by atoms with Crippen molar-refractivity contribution in [2.45, 2.75) is 31.6 Å².